The topological polar surface area (TPSA) is 95.1 Å². The molecule has 204 valence electrons. The van der Waals surface area contributed by atoms with Crippen LogP contribution in [0.3, 0.4) is 0 Å². The van der Waals surface area contributed by atoms with Crippen molar-refractivity contribution in [3.8, 4) is 5.75 Å². The highest BCUT2D eigenvalue weighted by Crippen LogP contribution is 2.34. The molecule has 11 heteroatoms. The molecule has 9 nitrogen and oxygen atoms in total. The van der Waals surface area contributed by atoms with E-state index in [1.807, 2.05) is 18.2 Å². The van der Waals surface area contributed by atoms with Crippen LogP contribution in [0.1, 0.15) is 10.4 Å². The molecule has 1 fully saturated rings. The molecule has 1 amide bonds. The average molecular weight is 566 g/mol. The Bertz CT molecular complexity index is 1530. The largest absolute Gasteiger partial charge is 0.494 e. The molecular formula is C28H31N5O4S2. The summed E-state index contributed by atoms with van der Waals surface area (Å²) in [7, 11) is -0.542. The van der Waals surface area contributed by atoms with Gasteiger partial charge in [-0.3, -0.25) is 14.0 Å². The van der Waals surface area contributed by atoms with Crippen LogP contribution in [0.25, 0.3) is 10.2 Å². The minimum absolute atomic E-state index is 0.134. The van der Waals surface area contributed by atoms with E-state index in [4.69, 9.17) is 9.72 Å². The second-order valence-electron chi connectivity index (χ2n) is 9.22. The lowest BCUT2D eigenvalue weighted by Crippen LogP contribution is -2.48. The number of piperazine rings is 1. The monoisotopic (exact) mass is 565 g/mol. The van der Waals surface area contributed by atoms with Crippen LogP contribution in [0.15, 0.2) is 77.7 Å². The number of hydrogen-bond donors (Lipinski definition) is 1. The summed E-state index contributed by atoms with van der Waals surface area (Å²) in [5.74, 6) is 0.567. The third kappa shape index (κ3) is 5.85. The standard InChI is InChI=1S/C28H31N5O4S2/c1-31(22-7-4-3-5-8-22)39(35,36)23-13-11-21(12-14-23)27(34)29-15-16-32-17-19-33(20-18-32)28-30-26-24(37-2)9-6-10-25(26)38-28/h3-14H,15-20H2,1-2H3,(H,29,34). The fourth-order valence-corrected chi connectivity index (χ4v) is 6.75. The molecule has 0 saturated carbocycles. The van der Waals surface area contributed by atoms with Crippen molar-refractivity contribution in [3.63, 3.8) is 0 Å². The number of ether oxygens (including phenoxy) is 1. The van der Waals surface area contributed by atoms with Gasteiger partial charge in [-0.05, 0) is 48.5 Å². The van der Waals surface area contributed by atoms with E-state index in [1.165, 1.54) is 23.5 Å². The summed E-state index contributed by atoms with van der Waals surface area (Å²) >= 11 is 1.68. The SMILES string of the molecule is COc1cccc2sc(N3CCN(CCNC(=O)c4ccc(S(=O)(=O)N(C)c5ccccc5)cc4)CC3)nc12. The number of hydrogen-bond acceptors (Lipinski definition) is 8. The Morgan fingerprint density at radius 2 is 1.72 bits per heavy atom. The molecule has 0 spiro atoms. The molecule has 1 aliphatic heterocycles. The summed E-state index contributed by atoms with van der Waals surface area (Å²) in [5, 5.41) is 3.95. The van der Waals surface area contributed by atoms with Crippen LogP contribution < -0.4 is 19.3 Å². The van der Waals surface area contributed by atoms with Gasteiger partial charge in [-0.2, -0.15) is 0 Å². The molecule has 39 heavy (non-hydrogen) atoms. The van der Waals surface area contributed by atoms with E-state index >= 15 is 0 Å². The van der Waals surface area contributed by atoms with E-state index in [0.717, 1.165) is 53.8 Å². The quantitative estimate of drug-likeness (QED) is 0.331. The van der Waals surface area contributed by atoms with Crippen LogP contribution in [0, 0.1) is 0 Å². The minimum atomic E-state index is -3.72. The maximum atomic E-state index is 13.0. The van der Waals surface area contributed by atoms with Gasteiger partial charge in [0.15, 0.2) is 5.13 Å². The van der Waals surface area contributed by atoms with Crippen LogP contribution in [-0.4, -0.2) is 77.6 Å². The summed E-state index contributed by atoms with van der Waals surface area (Å²) in [6.45, 7) is 4.73. The Morgan fingerprint density at radius 1 is 1.00 bits per heavy atom. The zero-order valence-corrected chi connectivity index (χ0v) is 23.5. The van der Waals surface area contributed by atoms with Crippen LogP contribution in [-0.2, 0) is 10.0 Å². The molecule has 1 aliphatic rings. The number of carbonyl (C=O) groups is 1. The van der Waals surface area contributed by atoms with Crippen LogP contribution >= 0.6 is 11.3 Å². The Labute approximate surface area is 232 Å². The molecular weight excluding hydrogens is 534 g/mol. The molecule has 0 atom stereocenters. The van der Waals surface area contributed by atoms with E-state index in [0.29, 0.717) is 17.8 Å². The average Bonchev–Trinajstić information content (AvgIpc) is 3.42. The molecule has 1 aromatic heterocycles. The van der Waals surface area contributed by atoms with Crippen LogP contribution in [0.5, 0.6) is 5.75 Å². The third-order valence-electron chi connectivity index (χ3n) is 6.84. The van der Waals surface area contributed by atoms with Gasteiger partial charge < -0.3 is 15.0 Å². The van der Waals surface area contributed by atoms with Crippen molar-refractivity contribution in [3.05, 3.63) is 78.4 Å². The van der Waals surface area contributed by atoms with Crippen molar-refractivity contribution < 1.29 is 17.9 Å². The molecule has 0 unspecified atom stereocenters. The van der Waals surface area contributed by atoms with E-state index in [-0.39, 0.29) is 10.8 Å². The number of nitrogens with one attached hydrogen (secondary N) is 1. The van der Waals surface area contributed by atoms with Gasteiger partial charge in [-0.15, -0.1) is 0 Å². The number of aromatic nitrogens is 1. The molecule has 2 heterocycles. The molecule has 0 bridgehead atoms. The number of amides is 1. The van der Waals surface area contributed by atoms with E-state index in [2.05, 4.69) is 21.2 Å². The van der Waals surface area contributed by atoms with E-state index < -0.39 is 10.0 Å². The number of nitrogens with zero attached hydrogens (tertiary/aromatic N) is 4. The number of methoxy groups -OCH3 is 1. The fraction of sp³-hybridized carbons (Fsp3) is 0.286. The molecule has 4 aromatic rings. The van der Waals surface area contributed by atoms with Crippen molar-refractivity contribution >= 4 is 48.3 Å². The summed E-state index contributed by atoms with van der Waals surface area (Å²) in [6, 6.07) is 20.9. The van der Waals surface area contributed by atoms with Crippen LogP contribution in [0.2, 0.25) is 0 Å². The van der Waals surface area contributed by atoms with Crippen molar-refractivity contribution in [2.75, 3.05) is 62.6 Å². The summed E-state index contributed by atoms with van der Waals surface area (Å²) in [5.41, 5.74) is 1.90. The number of para-hydroxylation sites is 2. The number of thiazole rings is 1. The molecule has 0 aliphatic carbocycles. The lowest BCUT2D eigenvalue weighted by atomic mass is 10.2. The van der Waals surface area contributed by atoms with Gasteiger partial charge in [0, 0.05) is 51.9 Å². The van der Waals surface area contributed by atoms with Gasteiger partial charge in [-0.1, -0.05) is 35.6 Å². The number of carbonyl (C=O) groups excluding carboxylic acids is 1. The number of anilines is 2. The zero-order chi connectivity index (χ0) is 27.4. The number of sulfonamides is 1. The highest BCUT2D eigenvalue weighted by molar-refractivity contribution is 7.92. The molecule has 1 saturated heterocycles. The van der Waals surface area contributed by atoms with Crippen molar-refractivity contribution in [1.29, 1.82) is 0 Å². The maximum Gasteiger partial charge on any atom is 0.264 e. The lowest BCUT2D eigenvalue weighted by molar-refractivity contribution is 0.0947. The second-order valence-corrected chi connectivity index (χ2v) is 12.2. The van der Waals surface area contributed by atoms with Crippen LogP contribution in [0.4, 0.5) is 10.8 Å². The van der Waals surface area contributed by atoms with E-state index in [9.17, 15) is 13.2 Å². The van der Waals surface area contributed by atoms with Crippen molar-refractivity contribution in [1.82, 2.24) is 15.2 Å². The van der Waals surface area contributed by atoms with Gasteiger partial charge >= 0.3 is 0 Å². The predicted octanol–water partition coefficient (Wildman–Crippen LogP) is 3.68. The van der Waals surface area contributed by atoms with Gasteiger partial charge in [0.2, 0.25) is 0 Å². The first-order valence-electron chi connectivity index (χ1n) is 12.7. The fourth-order valence-electron chi connectivity index (χ4n) is 4.52. The lowest BCUT2D eigenvalue weighted by Gasteiger charge is -2.34. The maximum absolute atomic E-state index is 13.0. The summed E-state index contributed by atoms with van der Waals surface area (Å²) in [4.78, 5) is 22.2. The molecule has 0 radical (unpaired) electrons. The molecule has 5 rings (SSSR count). The Morgan fingerprint density at radius 3 is 2.41 bits per heavy atom. The van der Waals surface area contributed by atoms with Crippen molar-refractivity contribution in [2.45, 2.75) is 4.90 Å². The molecule has 1 N–H and O–H groups in total. The first-order valence-corrected chi connectivity index (χ1v) is 15.0. The van der Waals surface area contributed by atoms with Gasteiger partial charge in [0.05, 0.1) is 22.4 Å². The number of rotatable bonds is 9. The summed E-state index contributed by atoms with van der Waals surface area (Å²) < 4.78 is 33.7. The van der Waals surface area contributed by atoms with Gasteiger partial charge in [-0.25, -0.2) is 13.4 Å². The summed E-state index contributed by atoms with van der Waals surface area (Å²) in [6.07, 6.45) is 0. The third-order valence-corrected chi connectivity index (χ3v) is 9.72. The number of fused-ring (bicyclic) bond motifs is 1. The predicted molar refractivity (Wildman–Crippen MR) is 156 cm³/mol. The van der Waals surface area contributed by atoms with Crippen molar-refractivity contribution in [2.24, 2.45) is 0 Å². The highest BCUT2D eigenvalue weighted by atomic mass is 32.2. The van der Waals surface area contributed by atoms with Gasteiger partial charge in [0.25, 0.3) is 15.9 Å². The molecule has 3 aromatic carbocycles. The Hall–Kier alpha value is -3.67. The smallest absolute Gasteiger partial charge is 0.264 e. The minimum Gasteiger partial charge on any atom is -0.494 e. The highest BCUT2D eigenvalue weighted by Gasteiger charge is 2.22. The van der Waals surface area contributed by atoms with E-state index in [1.54, 1.807) is 54.8 Å². The first-order chi connectivity index (χ1) is 18.9. The second kappa shape index (κ2) is 11.6. The Kier molecular flexibility index (Phi) is 8.01. The Balaban J connectivity index is 1.10. The zero-order valence-electron chi connectivity index (χ0n) is 21.9. The first kappa shape index (κ1) is 26.9. The number of benzene rings is 3. The normalized spacial score (nSPS) is 14.4. The van der Waals surface area contributed by atoms with Gasteiger partial charge in [0.1, 0.15) is 11.3 Å².